The van der Waals surface area contributed by atoms with Gasteiger partial charge in [-0.25, -0.2) is 14.2 Å². The largest absolute Gasteiger partial charge is 0.462 e. The van der Waals surface area contributed by atoms with Crippen LogP contribution in [0.3, 0.4) is 0 Å². The van der Waals surface area contributed by atoms with Gasteiger partial charge in [-0.2, -0.15) is 0 Å². The summed E-state index contributed by atoms with van der Waals surface area (Å²) >= 11 is 3.11. The van der Waals surface area contributed by atoms with E-state index < -0.39 is 11.8 Å². The minimum absolute atomic E-state index is 0.128. The van der Waals surface area contributed by atoms with Crippen LogP contribution in [0.2, 0.25) is 0 Å². The summed E-state index contributed by atoms with van der Waals surface area (Å²) in [4.78, 5) is 15.3. The van der Waals surface area contributed by atoms with Gasteiger partial charge in [-0.05, 0) is 53.2 Å². The van der Waals surface area contributed by atoms with Gasteiger partial charge >= 0.3 is 5.97 Å². The maximum absolute atomic E-state index is 13.6. The summed E-state index contributed by atoms with van der Waals surface area (Å²) in [5.74, 6) is -0.732. The van der Waals surface area contributed by atoms with Crippen LogP contribution in [0.5, 0.6) is 11.6 Å². The van der Waals surface area contributed by atoms with Crippen molar-refractivity contribution in [3.05, 3.63) is 52.4 Å². The summed E-state index contributed by atoms with van der Waals surface area (Å²) < 4.78 is 24.2. The number of nitrogens with zero attached hydrogens (tertiary/aromatic N) is 1. The molecule has 0 bridgehead atoms. The molecule has 0 amide bonds. The third-order valence-electron chi connectivity index (χ3n) is 2.35. The van der Waals surface area contributed by atoms with Gasteiger partial charge in [-0.15, -0.1) is 0 Å². The van der Waals surface area contributed by atoms with Crippen LogP contribution in [0.25, 0.3) is 0 Å². The van der Waals surface area contributed by atoms with Gasteiger partial charge in [0.05, 0.1) is 12.2 Å². The number of aromatic nitrogens is 1. The van der Waals surface area contributed by atoms with Gasteiger partial charge in [-0.1, -0.05) is 0 Å². The predicted molar refractivity (Wildman–Crippen MR) is 74.4 cm³/mol. The minimum atomic E-state index is -0.575. The van der Waals surface area contributed by atoms with Crippen LogP contribution in [0.4, 0.5) is 4.39 Å². The first-order valence-electron chi connectivity index (χ1n) is 5.86. The zero-order chi connectivity index (χ0) is 14.5. The van der Waals surface area contributed by atoms with Crippen LogP contribution in [0.1, 0.15) is 17.3 Å². The molecule has 0 N–H and O–H groups in total. The number of rotatable bonds is 4. The van der Waals surface area contributed by atoms with E-state index in [2.05, 4.69) is 20.9 Å². The van der Waals surface area contributed by atoms with E-state index in [1.54, 1.807) is 31.2 Å². The summed E-state index contributed by atoms with van der Waals surface area (Å²) in [5.41, 5.74) is 0.406. The number of pyridine rings is 1. The first-order chi connectivity index (χ1) is 9.60. The van der Waals surface area contributed by atoms with Gasteiger partial charge in [0.15, 0.2) is 5.82 Å². The molecule has 0 aliphatic rings. The van der Waals surface area contributed by atoms with E-state index in [0.29, 0.717) is 22.4 Å². The zero-order valence-corrected chi connectivity index (χ0v) is 12.2. The second-order valence-corrected chi connectivity index (χ2v) is 4.70. The van der Waals surface area contributed by atoms with Crippen LogP contribution in [0.15, 0.2) is 41.0 Å². The molecular weight excluding hydrogens is 329 g/mol. The summed E-state index contributed by atoms with van der Waals surface area (Å²) in [6.07, 6.45) is 1.44. The molecule has 20 heavy (non-hydrogen) atoms. The Kier molecular flexibility index (Phi) is 4.68. The van der Waals surface area contributed by atoms with Crippen LogP contribution in [-0.2, 0) is 4.74 Å². The van der Waals surface area contributed by atoms with Crippen molar-refractivity contribution < 1.29 is 18.7 Å². The molecule has 0 radical (unpaired) electrons. The highest BCUT2D eigenvalue weighted by atomic mass is 79.9. The summed E-state index contributed by atoms with van der Waals surface area (Å²) in [6.45, 7) is 2.04. The first-order valence-corrected chi connectivity index (χ1v) is 6.65. The number of benzene rings is 1. The quantitative estimate of drug-likeness (QED) is 0.791. The topological polar surface area (TPSA) is 48.4 Å². The standard InChI is InChI=1S/C14H11BrFNO3/c1-2-19-14(18)9-3-5-11(6-4-9)20-13-12(16)7-10(15)8-17-13/h3-8H,2H2,1H3. The smallest absolute Gasteiger partial charge is 0.338 e. The molecule has 4 nitrogen and oxygen atoms in total. The molecule has 1 heterocycles. The normalized spacial score (nSPS) is 10.2. The van der Waals surface area contributed by atoms with E-state index in [-0.39, 0.29) is 5.88 Å². The lowest BCUT2D eigenvalue weighted by atomic mass is 10.2. The van der Waals surface area contributed by atoms with Gasteiger partial charge in [0, 0.05) is 10.7 Å². The lowest BCUT2D eigenvalue weighted by Crippen LogP contribution is -2.04. The molecule has 0 spiro atoms. The Morgan fingerprint density at radius 2 is 2.05 bits per heavy atom. The van der Waals surface area contributed by atoms with Crippen LogP contribution >= 0.6 is 15.9 Å². The van der Waals surface area contributed by atoms with E-state index >= 15 is 0 Å². The Bertz CT molecular complexity index is 616. The molecule has 104 valence electrons. The number of carbonyl (C=O) groups excluding carboxylic acids is 1. The zero-order valence-electron chi connectivity index (χ0n) is 10.6. The molecule has 2 rings (SSSR count). The highest BCUT2D eigenvalue weighted by Gasteiger charge is 2.09. The average molecular weight is 340 g/mol. The van der Waals surface area contributed by atoms with Crippen molar-refractivity contribution >= 4 is 21.9 Å². The van der Waals surface area contributed by atoms with Crippen molar-refractivity contribution in [1.82, 2.24) is 4.98 Å². The predicted octanol–water partition coefficient (Wildman–Crippen LogP) is 3.95. The van der Waals surface area contributed by atoms with Crippen molar-refractivity contribution in [2.24, 2.45) is 0 Å². The van der Waals surface area contributed by atoms with E-state index in [1.807, 2.05) is 0 Å². The molecule has 6 heteroatoms. The Balaban J connectivity index is 2.12. The maximum atomic E-state index is 13.6. The number of esters is 1. The minimum Gasteiger partial charge on any atom is -0.462 e. The number of ether oxygens (including phenoxy) is 2. The second-order valence-electron chi connectivity index (χ2n) is 3.79. The Hall–Kier alpha value is -1.95. The van der Waals surface area contributed by atoms with Crippen molar-refractivity contribution in [1.29, 1.82) is 0 Å². The third-order valence-corrected chi connectivity index (χ3v) is 2.79. The SMILES string of the molecule is CCOC(=O)c1ccc(Oc2ncc(Br)cc2F)cc1. The van der Waals surface area contributed by atoms with E-state index in [1.165, 1.54) is 12.3 Å². The molecular formula is C14H11BrFNO3. The first kappa shape index (κ1) is 14.5. The van der Waals surface area contributed by atoms with Gasteiger partial charge in [0.25, 0.3) is 5.88 Å². The highest BCUT2D eigenvalue weighted by Crippen LogP contribution is 2.24. The monoisotopic (exact) mass is 339 g/mol. The molecule has 1 aromatic heterocycles. The molecule has 0 atom stereocenters. The molecule has 0 fully saturated rings. The van der Waals surface area contributed by atoms with Gasteiger partial charge in [0.2, 0.25) is 0 Å². The molecule has 0 aliphatic heterocycles. The lowest BCUT2D eigenvalue weighted by molar-refractivity contribution is 0.0526. The third kappa shape index (κ3) is 3.54. The van der Waals surface area contributed by atoms with Crippen molar-refractivity contribution in [3.8, 4) is 11.6 Å². The summed E-state index contributed by atoms with van der Waals surface area (Å²) in [6, 6.07) is 7.45. The summed E-state index contributed by atoms with van der Waals surface area (Å²) in [7, 11) is 0. The van der Waals surface area contributed by atoms with Crippen molar-refractivity contribution in [2.45, 2.75) is 6.92 Å². The molecule has 0 saturated heterocycles. The molecule has 2 aromatic rings. The van der Waals surface area contributed by atoms with Crippen LogP contribution in [-0.4, -0.2) is 17.6 Å². The van der Waals surface area contributed by atoms with E-state index in [4.69, 9.17) is 9.47 Å². The van der Waals surface area contributed by atoms with E-state index in [9.17, 15) is 9.18 Å². The van der Waals surface area contributed by atoms with Crippen molar-refractivity contribution in [2.75, 3.05) is 6.61 Å². The van der Waals surface area contributed by atoms with Gasteiger partial charge < -0.3 is 9.47 Å². The molecule has 0 saturated carbocycles. The fraction of sp³-hybridized carbons (Fsp3) is 0.143. The summed E-state index contributed by atoms with van der Waals surface area (Å²) in [5, 5.41) is 0. The number of hydrogen-bond acceptors (Lipinski definition) is 4. The van der Waals surface area contributed by atoms with Gasteiger partial charge in [0.1, 0.15) is 5.75 Å². The average Bonchev–Trinajstić information content (AvgIpc) is 2.43. The number of halogens is 2. The highest BCUT2D eigenvalue weighted by molar-refractivity contribution is 9.10. The maximum Gasteiger partial charge on any atom is 0.338 e. The van der Waals surface area contributed by atoms with Gasteiger partial charge in [-0.3, -0.25) is 0 Å². The van der Waals surface area contributed by atoms with E-state index in [0.717, 1.165) is 0 Å². The number of carbonyl (C=O) groups is 1. The molecule has 0 aliphatic carbocycles. The fourth-order valence-corrected chi connectivity index (χ4v) is 1.77. The Morgan fingerprint density at radius 3 is 2.65 bits per heavy atom. The van der Waals surface area contributed by atoms with Crippen LogP contribution in [0, 0.1) is 5.82 Å². The number of hydrogen-bond donors (Lipinski definition) is 0. The Labute approximate surface area is 123 Å². The lowest BCUT2D eigenvalue weighted by Gasteiger charge is -2.06. The van der Waals surface area contributed by atoms with Crippen molar-refractivity contribution in [3.63, 3.8) is 0 Å². The van der Waals surface area contributed by atoms with Crippen LogP contribution < -0.4 is 4.74 Å². The second kappa shape index (κ2) is 6.47. The Morgan fingerprint density at radius 1 is 1.35 bits per heavy atom. The fourth-order valence-electron chi connectivity index (χ4n) is 1.46. The molecule has 0 unspecified atom stereocenters. The molecule has 1 aromatic carbocycles.